The minimum Gasteiger partial charge on any atom is -0.357 e. The lowest BCUT2D eigenvalue weighted by Crippen LogP contribution is -1.83. The van der Waals surface area contributed by atoms with Crippen LogP contribution >= 0.6 is 11.3 Å². The van der Waals surface area contributed by atoms with Gasteiger partial charge in [0, 0.05) is 0 Å². The molecule has 1 aromatic rings. The molecule has 0 N–H and O–H groups in total. The third-order valence-corrected chi connectivity index (χ3v) is 1.66. The fourth-order valence-electron chi connectivity index (χ4n) is 0.416. The molecule has 0 fully saturated rings. The Labute approximate surface area is 59.5 Å². The van der Waals surface area contributed by atoms with Crippen molar-refractivity contribution in [2.24, 2.45) is 0 Å². The summed E-state index contributed by atoms with van der Waals surface area (Å²) in [6.07, 6.45) is 1.71. The molecule has 5 nitrogen and oxygen atoms in total. The maximum atomic E-state index is 9.99. The molecule has 0 spiro atoms. The van der Waals surface area contributed by atoms with Crippen LogP contribution in [0.3, 0.4) is 0 Å². The van der Waals surface area contributed by atoms with Gasteiger partial charge < -0.3 is 10.1 Å². The van der Waals surface area contributed by atoms with Gasteiger partial charge >= 0.3 is 5.13 Å². The molecule has 1 heterocycles. The van der Waals surface area contributed by atoms with Crippen molar-refractivity contribution in [1.29, 1.82) is 0 Å². The second-order valence-corrected chi connectivity index (χ2v) is 2.46. The van der Waals surface area contributed by atoms with Crippen LogP contribution in [0.25, 0.3) is 0 Å². The Bertz CT molecular complexity index is 269. The molecule has 1 rings (SSSR count). The number of nitrogens with zero attached hydrogens (tertiary/aromatic N) is 2. The van der Waals surface area contributed by atoms with Crippen LogP contribution in [0.5, 0.6) is 0 Å². The van der Waals surface area contributed by atoms with E-state index in [1.807, 2.05) is 0 Å². The van der Waals surface area contributed by atoms with E-state index in [0.717, 1.165) is 11.3 Å². The number of hydrogen-bond acceptors (Lipinski definition) is 5. The largest absolute Gasteiger partial charge is 0.423 e. The number of rotatable bonds is 2. The number of aldehydes is 1. The molecular formula is C4H2N2O3S. The van der Waals surface area contributed by atoms with Gasteiger partial charge in [-0.05, 0) is 21.2 Å². The Balaban J connectivity index is 2.98. The Morgan fingerprint density at radius 1 is 1.80 bits per heavy atom. The van der Waals surface area contributed by atoms with Crippen molar-refractivity contribution < 1.29 is 9.72 Å². The molecule has 0 aliphatic rings. The van der Waals surface area contributed by atoms with Crippen LogP contribution in [0.2, 0.25) is 0 Å². The average Bonchev–Trinajstić information content (AvgIpc) is 2.34. The summed E-state index contributed by atoms with van der Waals surface area (Å²) in [6, 6.07) is 0. The van der Waals surface area contributed by atoms with E-state index >= 15 is 0 Å². The molecule has 0 aliphatic carbocycles. The van der Waals surface area contributed by atoms with Crippen LogP contribution in [0.1, 0.15) is 9.67 Å². The molecule has 0 aromatic carbocycles. The zero-order valence-electron chi connectivity index (χ0n) is 4.68. The first-order chi connectivity index (χ1) is 4.74. The first-order valence-corrected chi connectivity index (χ1v) is 3.11. The van der Waals surface area contributed by atoms with Crippen LogP contribution in [0.4, 0.5) is 5.13 Å². The van der Waals surface area contributed by atoms with E-state index in [4.69, 9.17) is 0 Å². The summed E-state index contributed by atoms with van der Waals surface area (Å²) in [7, 11) is 0. The van der Waals surface area contributed by atoms with Crippen molar-refractivity contribution in [3.8, 4) is 0 Å². The third kappa shape index (κ3) is 1.16. The monoisotopic (exact) mass is 158 g/mol. The first-order valence-electron chi connectivity index (χ1n) is 2.29. The maximum absolute atomic E-state index is 9.99. The van der Waals surface area contributed by atoms with Gasteiger partial charge in [0.1, 0.15) is 4.88 Å². The van der Waals surface area contributed by atoms with Gasteiger partial charge in [0.15, 0.2) is 12.5 Å². The van der Waals surface area contributed by atoms with E-state index in [0.29, 0.717) is 6.29 Å². The number of hydrogen-bond donors (Lipinski definition) is 0. The number of carbonyl (C=O) groups excluding carboxylic acids is 1. The topological polar surface area (TPSA) is 73.1 Å². The molecule has 0 unspecified atom stereocenters. The summed E-state index contributed by atoms with van der Waals surface area (Å²) < 4.78 is 0. The molecule has 52 valence electrons. The van der Waals surface area contributed by atoms with Gasteiger partial charge in [0.2, 0.25) is 0 Å². The lowest BCUT2D eigenvalue weighted by atomic mass is 10.6. The van der Waals surface area contributed by atoms with Crippen molar-refractivity contribution in [3.63, 3.8) is 0 Å². The maximum Gasteiger partial charge on any atom is 0.423 e. The first kappa shape index (κ1) is 6.81. The standard InChI is InChI=1S/C4H2N2O3S/c7-2-3-1-5-4(10-3)6(8)9/h1-2H. The summed E-state index contributed by atoms with van der Waals surface area (Å²) in [5, 5.41) is 9.72. The highest BCUT2D eigenvalue weighted by atomic mass is 32.1. The van der Waals surface area contributed by atoms with Crippen LogP contribution in [-0.2, 0) is 0 Å². The van der Waals surface area contributed by atoms with E-state index in [2.05, 4.69) is 4.98 Å². The second-order valence-electron chi connectivity index (χ2n) is 1.42. The van der Waals surface area contributed by atoms with Crippen LogP contribution in [0, 0.1) is 10.1 Å². The summed E-state index contributed by atoms with van der Waals surface area (Å²) in [5.74, 6) is 0. The molecule has 0 aliphatic heterocycles. The lowest BCUT2D eigenvalue weighted by Gasteiger charge is -1.80. The molecule has 1 aromatic heterocycles. The van der Waals surface area contributed by atoms with Crippen LogP contribution in [-0.4, -0.2) is 16.2 Å². The SMILES string of the molecule is O=Cc1cnc([N+](=O)[O-])s1. The summed E-state index contributed by atoms with van der Waals surface area (Å²) >= 11 is 0.763. The normalized spacial score (nSPS) is 9.20. The highest BCUT2D eigenvalue weighted by Crippen LogP contribution is 2.17. The van der Waals surface area contributed by atoms with Gasteiger partial charge in [0.25, 0.3) is 0 Å². The molecule has 0 atom stereocenters. The zero-order valence-corrected chi connectivity index (χ0v) is 5.50. The van der Waals surface area contributed by atoms with Crippen molar-refractivity contribution in [2.45, 2.75) is 0 Å². The van der Waals surface area contributed by atoms with Gasteiger partial charge in [-0.1, -0.05) is 0 Å². The van der Waals surface area contributed by atoms with E-state index < -0.39 is 4.92 Å². The van der Waals surface area contributed by atoms with Crippen molar-refractivity contribution in [3.05, 3.63) is 21.2 Å². The molecule has 0 radical (unpaired) electrons. The molecule has 0 bridgehead atoms. The number of thiazole rings is 1. The van der Waals surface area contributed by atoms with Crippen molar-refractivity contribution in [2.75, 3.05) is 0 Å². The average molecular weight is 158 g/mol. The summed E-state index contributed by atoms with van der Waals surface area (Å²) in [6.45, 7) is 0. The third-order valence-electron chi connectivity index (χ3n) is 0.784. The molecule has 10 heavy (non-hydrogen) atoms. The van der Waals surface area contributed by atoms with E-state index in [9.17, 15) is 14.9 Å². The van der Waals surface area contributed by atoms with Crippen LogP contribution < -0.4 is 0 Å². The number of nitro groups is 1. The predicted molar refractivity (Wildman–Crippen MR) is 34.2 cm³/mol. The highest BCUT2D eigenvalue weighted by Gasteiger charge is 2.10. The Kier molecular flexibility index (Phi) is 1.72. The minimum atomic E-state index is -0.627. The van der Waals surface area contributed by atoms with Crippen LogP contribution in [0.15, 0.2) is 6.20 Å². The van der Waals surface area contributed by atoms with Gasteiger partial charge in [-0.2, -0.15) is 0 Å². The summed E-state index contributed by atoms with van der Waals surface area (Å²) in [4.78, 5) is 23.0. The van der Waals surface area contributed by atoms with Gasteiger partial charge in [-0.15, -0.1) is 0 Å². The fourth-order valence-corrected chi connectivity index (χ4v) is 0.960. The summed E-state index contributed by atoms with van der Waals surface area (Å²) in [5.41, 5.74) is 0. The number of carbonyl (C=O) groups is 1. The highest BCUT2D eigenvalue weighted by molar-refractivity contribution is 7.16. The Hall–Kier alpha value is -1.30. The Morgan fingerprint density at radius 3 is 2.80 bits per heavy atom. The van der Waals surface area contributed by atoms with E-state index in [1.165, 1.54) is 6.20 Å². The number of aromatic nitrogens is 1. The Morgan fingerprint density at radius 2 is 2.50 bits per heavy atom. The van der Waals surface area contributed by atoms with Crippen molar-refractivity contribution >= 4 is 22.8 Å². The van der Waals surface area contributed by atoms with Gasteiger partial charge in [-0.25, -0.2) is 0 Å². The predicted octanol–water partition coefficient (Wildman–Crippen LogP) is 0.864. The fraction of sp³-hybridized carbons (Fsp3) is 0. The molecule has 0 saturated carbocycles. The van der Waals surface area contributed by atoms with E-state index in [-0.39, 0.29) is 10.0 Å². The smallest absolute Gasteiger partial charge is 0.357 e. The molecular weight excluding hydrogens is 156 g/mol. The zero-order chi connectivity index (χ0) is 7.56. The van der Waals surface area contributed by atoms with Crippen molar-refractivity contribution in [1.82, 2.24) is 4.98 Å². The molecule has 0 amide bonds. The van der Waals surface area contributed by atoms with E-state index in [1.54, 1.807) is 0 Å². The van der Waals surface area contributed by atoms with Gasteiger partial charge in [0.05, 0.1) is 0 Å². The van der Waals surface area contributed by atoms with Gasteiger partial charge in [-0.3, -0.25) is 4.79 Å². The molecule has 6 heteroatoms. The minimum absolute atomic E-state index is 0.248. The second kappa shape index (κ2) is 2.53. The molecule has 0 saturated heterocycles. The quantitative estimate of drug-likeness (QED) is 0.363. The lowest BCUT2D eigenvalue weighted by molar-refractivity contribution is -0.384.